The lowest BCUT2D eigenvalue weighted by Gasteiger charge is -2.07. The number of nitrogens with one attached hydrogen (secondary N) is 1. The van der Waals surface area contributed by atoms with Crippen LogP contribution in [0.15, 0.2) is 29.6 Å². The van der Waals surface area contributed by atoms with Crippen LogP contribution in [0.1, 0.15) is 26.3 Å². The van der Waals surface area contributed by atoms with Crippen LogP contribution in [-0.4, -0.2) is 24.8 Å². The fourth-order valence-electron chi connectivity index (χ4n) is 1.99. The smallest absolute Gasteiger partial charge is 0.255 e. The zero-order chi connectivity index (χ0) is 14.1. The van der Waals surface area contributed by atoms with E-state index in [2.05, 4.69) is 27.9 Å². The van der Waals surface area contributed by atoms with E-state index in [1.165, 1.54) is 11.3 Å². The van der Waals surface area contributed by atoms with Crippen molar-refractivity contribution in [3.63, 3.8) is 0 Å². The first-order chi connectivity index (χ1) is 9.65. The zero-order valence-corrected chi connectivity index (χ0v) is 13.3. The van der Waals surface area contributed by atoms with Crippen LogP contribution in [0.3, 0.4) is 0 Å². The van der Waals surface area contributed by atoms with Crippen molar-refractivity contribution in [2.45, 2.75) is 0 Å². The Morgan fingerprint density at radius 3 is 2.90 bits per heavy atom. The van der Waals surface area contributed by atoms with Gasteiger partial charge in [0.05, 0.1) is 15.0 Å². The predicted octanol–water partition coefficient (Wildman–Crippen LogP) is 2.71. The van der Waals surface area contributed by atoms with E-state index in [1.807, 2.05) is 11.4 Å². The van der Waals surface area contributed by atoms with Crippen molar-refractivity contribution in [2.75, 3.05) is 13.2 Å². The highest BCUT2D eigenvalue weighted by Gasteiger charge is 2.19. The van der Waals surface area contributed by atoms with Crippen molar-refractivity contribution in [1.29, 1.82) is 0 Å². The lowest BCUT2D eigenvalue weighted by atomic mass is 10.0. The minimum absolute atomic E-state index is 0.0796. The van der Waals surface area contributed by atoms with Crippen LogP contribution in [0.5, 0.6) is 5.75 Å². The number of carbonyl (C=O) groups is 2. The van der Waals surface area contributed by atoms with Gasteiger partial charge in [0.15, 0.2) is 5.78 Å². The van der Waals surface area contributed by atoms with Gasteiger partial charge in [0.2, 0.25) is 0 Å². The van der Waals surface area contributed by atoms with E-state index >= 15 is 0 Å². The van der Waals surface area contributed by atoms with Gasteiger partial charge >= 0.3 is 0 Å². The van der Waals surface area contributed by atoms with Gasteiger partial charge in [-0.15, -0.1) is 11.3 Å². The molecule has 1 aliphatic rings. The number of halogens is 1. The molecule has 0 saturated heterocycles. The summed E-state index contributed by atoms with van der Waals surface area (Å²) in [4.78, 5) is 24.3. The Bertz CT molecular complexity index is 695. The van der Waals surface area contributed by atoms with Crippen molar-refractivity contribution in [3.8, 4) is 5.75 Å². The minimum atomic E-state index is -0.202. The normalized spacial score (nSPS) is 13.9. The van der Waals surface area contributed by atoms with E-state index < -0.39 is 0 Å². The second kappa shape index (κ2) is 5.53. The lowest BCUT2D eigenvalue weighted by Crippen LogP contribution is -2.24. The van der Waals surface area contributed by atoms with Gasteiger partial charge in [-0.05, 0) is 46.9 Å². The Balaban J connectivity index is 1.99. The van der Waals surface area contributed by atoms with Gasteiger partial charge in [-0.25, -0.2) is 0 Å². The molecule has 1 aromatic heterocycles. The second-order valence-corrected chi connectivity index (χ2v) is 7.09. The quantitative estimate of drug-likeness (QED) is 0.624. The third kappa shape index (κ3) is 2.57. The summed E-state index contributed by atoms with van der Waals surface area (Å²) in [6.07, 6.45) is 0. The maximum atomic E-state index is 12.4. The molecule has 6 heteroatoms. The molecule has 0 radical (unpaired) electrons. The van der Waals surface area contributed by atoms with Crippen molar-refractivity contribution in [3.05, 3.63) is 49.2 Å². The predicted molar refractivity (Wildman–Crippen MR) is 84.7 cm³/mol. The molecule has 0 bridgehead atoms. The number of carbonyl (C=O) groups excluding carboxylic acids is 2. The third-order valence-electron chi connectivity index (χ3n) is 2.96. The van der Waals surface area contributed by atoms with E-state index in [-0.39, 0.29) is 11.7 Å². The summed E-state index contributed by atoms with van der Waals surface area (Å²) in [5.41, 5.74) is 1.56. The first-order valence-corrected chi connectivity index (χ1v) is 7.95. The molecule has 2 heterocycles. The molecule has 0 unspecified atom stereocenters. The lowest BCUT2D eigenvalue weighted by molar-refractivity contribution is 0.0957. The van der Waals surface area contributed by atoms with Crippen LogP contribution < -0.4 is 10.1 Å². The first-order valence-electron chi connectivity index (χ1n) is 5.99. The van der Waals surface area contributed by atoms with E-state index in [0.717, 1.165) is 2.88 Å². The molecule has 1 N–H and O–H groups in total. The van der Waals surface area contributed by atoms with Gasteiger partial charge in [-0.2, -0.15) is 0 Å². The summed E-state index contributed by atoms with van der Waals surface area (Å²) in [5, 5.41) is 4.56. The van der Waals surface area contributed by atoms with E-state index in [0.29, 0.717) is 35.6 Å². The number of hydrogen-bond acceptors (Lipinski definition) is 4. The largest absolute Gasteiger partial charge is 0.491 e. The monoisotopic (exact) mass is 399 g/mol. The fraction of sp³-hybridized carbons (Fsp3) is 0.143. The van der Waals surface area contributed by atoms with Gasteiger partial charge in [-0.1, -0.05) is 0 Å². The highest BCUT2D eigenvalue weighted by atomic mass is 127. The van der Waals surface area contributed by atoms with Crippen LogP contribution in [0.4, 0.5) is 0 Å². The molecule has 2 aromatic rings. The summed E-state index contributed by atoms with van der Waals surface area (Å²) >= 11 is 3.70. The van der Waals surface area contributed by atoms with E-state index in [4.69, 9.17) is 4.74 Å². The maximum absolute atomic E-state index is 12.4. The van der Waals surface area contributed by atoms with Crippen LogP contribution in [-0.2, 0) is 0 Å². The Morgan fingerprint density at radius 1 is 1.30 bits per heavy atom. The van der Waals surface area contributed by atoms with E-state index in [1.54, 1.807) is 18.2 Å². The molecule has 4 nitrogen and oxygen atoms in total. The molecule has 1 aliphatic heterocycles. The van der Waals surface area contributed by atoms with Crippen molar-refractivity contribution in [1.82, 2.24) is 5.32 Å². The van der Waals surface area contributed by atoms with Crippen LogP contribution >= 0.6 is 33.9 Å². The molecule has 0 aliphatic carbocycles. The molecular formula is C14H10INO3S. The number of ketones is 1. The number of thiophene rings is 1. The molecule has 1 amide bonds. The number of amides is 1. The van der Waals surface area contributed by atoms with Crippen molar-refractivity contribution < 1.29 is 14.3 Å². The Hall–Kier alpha value is -1.41. The number of rotatable bonds is 2. The fourth-order valence-corrected chi connectivity index (χ4v) is 3.32. The molecule has 0 saturated carbocycles. The average Bonchev–Trinajstić information content (AvgIpc) is 2.80. The van der Waals surface area contributed by atoms with Gasteiger partial charge in [-0.3, -0.25) is 9.59 Å². The minimum Gasteiger partial charge on any atom is -0.491 e. The van der Waals surface area contributed by atoms with Gasteiger partial charge in [0.1, 0.15) is 12.4 Å². The van der Waals surface area contributed by atoms with Crippen molar-refractivity contribution >= 4 is 45.6 Å². The van der Waals surface area contributed by atoms with Crippen molar-refractivity contribution in [2.24, 2.45) is 0 Å². The van der Waals surface area contributed by atoms with Crippen LogP contribution in [0.25, 0.3) is 0 Å². The highest BCUT2D eigenvalue weighted by Crippen LogP contribution is 2.25. The standard InChI is InChI=1S/C14H10INO3S/c15-12-6-9(7-20-12)13(17)8-1-2-11-10(5-8)14(18)16-3-4-19-11/h1-2,5-7H,3-4H2,(H,16,18). The molecule has 0 fully saturated rings. The highest BCUT2D eigenvalue weighted by molar-refractivity contribution is 14.1. The molecule has 102 valence electrons. The molecule has 0 atom stereocenters. The maximum Gasteiger partial charge on any atom is 0.255 e. The molecule has 20 heavy (non-hydrogen) atoms. The number of ether oxygens (including phenoxy) is 1. The number of hydrogen-bond donors (Lipinski definition) is 1. The topological polar surface area (TPSA) is 55.4 Å². The van der Waals surface area contributed by atoms with Crippen LogP contribution in [0.2, 0.25) is 0 Å². The zero-order valence-electron chi connectivity index (χ0n) is 10.3. The Morgan fingerprint density at radius 2 is 2.15 bits per heavy atom. The summed E-state index contributed by atoms with van der Waals surface area (Å²) in [7, 11) is 0. The third-order valence-corrected chi connectivity index (χ3v) is 4.75. The summed E-state index contributed by atoms with van der Waals surface area (Å²) in [5.74, 6) is 0.243. The number of fused-ring (bicyclic) bond motifs is 1. The van der Waals surface area contributed by atoms with Gasteiger partial charge in [0, 0.05) is 16.5 Å². The number of benzene rings is 1. The Labute approximate surface area is 133 Å². The second-order valence-electron chi connectivity index (χ2n) is 4.28. The molecule has 1 aromatic carbocycles. The first kappa shape index (κ1) is 13.6. The van der Waals surface area contributed by atoms with Gasteiger partial charge in [0.25, 0.3) is 5.91 Å². The summed E-state index contributed by atoms with van der Waals surface area (Å²) < 4.78 is 6.53. The van der Waals surface area contributed by atoms with Crippen LogP contribution in [0, 0.1) is 2.88 Å². The molecule has 3 rings (SSSR count). The Kier molecular flexibility index (Phi) is 3.75. The van der Waals surface area contributed by atoms with E-state index in [9.17, 15) is 9.59 Å². The average molecular weight is 399 g/mol. The molecular weight excluding hydrogens is 389 g/mol. The summed E-state index contributed by atoms with van der Waals surface area (Å²) in [6, 6.07) is 6.83. The molecule has 0 spiro atoms. The summed E-state index contributed by atoms with van der Waals surface area (Å²) in [6.45, 7) is 0.911. The van der Waals surface area contributed by atoms with Gasteiger partial charge < -0.3 is 10.1 Å². The SMILES string of the molecule is O=C(c1csc(I)c1)c1ccc2c(c1)C(=O)NCCO2.